The van der Waals surface area contributed by atoms with Crippen molar-refractivity contribution < 1.29 is 14.6 Å². The van der Waals surface area contributed by atoms with Gasteiger partial charge in [-0.1, -0.05) is 17.7 Å². The largest absolute Gasteiger partial charge is 0.478 e. The zero-order valence-corrected chi connectivity index (χ0v) is 8.78. The first-order valence-electron chi connectivity index (χ1n) is 5.13. The summed E-state index contributed by atoms with van der Waals surface area (Å²) in [5.74, 6) is -0.623. The maximum absolute atomic E-state index is 11.1. The molecule has 0 aromatic carbocycles. The van der Waals surface area contributed by atoms with Gasteiger partial charge >= 0.3 is 5.97 Å². The Balaban J connectivity index is 1.98. The van der Waals surface area contributed by atoms with Gasteiger partial charge in [-0.05, 0) is 12.5 Å². The number of carboxylic acids is 1. The lowest BCUT2D eigenvalue weighted by molar-refractivity contribution is -0.191. The molecule has 2 aliphatic heterocycles. The number of hydrogen-bond acceptors (Lipinski definition) is 2. The topological polar surface area (TPSA) is 46.5 Å². The van der Waals surface area contributed by atoms with Crippen LogP contribution in [0.15, 0.2) is 22.8 Å². The normalized spacial score (nSPS) is 42.2. The minimum absolute atomic E-state index is 0.0532. The van der Waals surface area contributed by atoms with Gasteiger partial charge in [0.25, 0.3) is 0 Å². The molecule has 4 heteroatoms. The van der Waals surface area contributed by atoms with Crippen molar-refractivity contribution in [1.29, 1.82) is 0 Å². The molecule has 15 heavy (non-hydrogen) atoms. The number of carboxylic acid groups (broad SMARTS) is 1. The predicted molar refractivity (Wildman–Crippen MR) is 54.5 cm³/mol. The highest BCUT2D eigenvalue weighted by molar-refractivity contribution is 6.33. The van der Waals surface area contributed by atoms with Crippen LogP contribution in [0.4, 0.5) is 0 Å². The number of rotatable bonds is 1. The summed E-state index contributed by atoms with van der Waals surface area (Å²) in [5, 5.41) is 9.51. The summed E-state index contributed by atoms with van der Waals surface area (Å²) >= 11 is 5.93. The second-order valence-corrected chi connectivity index (χ2v) is 4.78. The van der Waals surface area contributed by atoms with Crippen molar-refractivity contribution in [2.45, 2.75) is 25.0 Å². The Morgan fingerprint density at radius 1 is 1.53 bits per heavy atom. The van der Waals surface area contributed by atoms with Crippen molar-refractivity contribution in [3.63, 3.8) is 0 Å². The van der Waals surface area contributed by atoms with Gasteiger partial charge in [0.2, 0.25) is 0 Å². The number of ether oxygens (including phenoxy) is 1. The monoisotopic (exact) mass is 226 g/mol. The van der Waals surface area contributed by atoms with Crippen molar-refractivity contribution in [2.75, 3.05) is 0 Å². The Bertz CT molecular complexity index is 379. The quantitative estimate of drug-likeness (QED) is 0.743. The Labute approximate surface area is 92.4 Å². The standard InChI is InChI=1S/C11H11ClO3/c12-8-2-1-6-7(10(8)11(13)14)3-5-4-9(6)15-5/h1-2,5-7,9H,3-4H2,(H,13,14). The minimum atomic E-state index is -0.888. The van der Waals surface area contributed by atoms with Gasteiger partial charge in [-0.3, -0.25) is 0 Å². The Morgan fingerprint density at radius 3 is 2.93 bits per heavy atom. The molecule has 1 N–H and O–H groups in total. The molecule has 80 valence electrons. The van der Waals surface area contributed by atoms with Gasteiger partial charge in [-0.25, -0.2) is 4.79 Å². The van der Waals surface area contributed by atoms with Crippen molar-refractivity contribution in [3.8, 4) is 0 Å². The highest BCUT2D eigenvalue weighted by Crippen LogP contribution is 2.49. The molecule has 3 nitrogen and oxygen atoms in total. The van der Waals surface area contributed by atoms with E-state index in [-0.39, 0.29) is 24.0 Å². The SMILES string of the molecule is O=C(O)C1=C(Cl)C=CC2C3CC(CC12)O3. The van der Waals surface area contributed by atoms with Crippen molar-refractivity contribution in [2.24, 2.45) is 11.8 Å². The van der Waals surface area contributed by atoms with E-state index < -0.39 is 5.97 Å². The van der Waals surface area contributed by atoms with Crippen molar-refractivity contribution in [3.05, 3.63) is 22.8 Å². The van der Waals surface area contributed by atoms with E-state index in [0.717, 1.165) is 12.8 Å². The van der Waals surface area contributed by atoms with E-state index in [0.29, 0.717) is 10.6 Å². The Hall–Kier alpha value is -0.800. The average Bonchev–Trinajstić information content (AvgIpc) is 2.14. The molecule has 2 saturated heterocycles. The summed E-state index contributed by atoms with van der Waals surface area (Å²) in [6.45, 7) is 0. The van der Waals surface area contributed by atoms with Crippen LogP contribution in [-0.4, -0.2) is 23.3 Å². The summed E-state index contributed by atoms with van der Waals surface area (Å²) in [4.78, 5) is 11.1. The molecule has 0 aromatic heterocycles. The second kappa shape index (κ2) is 3.09. The van der Waals surface area contributed by atoms with Crippen molar-refractivity contribution >= 4 is 17.6 Å². The molecule has 0 amide bonds. The van der Waals surface area contributed by atoms with Gasteiger partial charge in [0, 0.05) is 18.3 Å². The van der Waals surface area contributed by atoms with Crippen LogP contribution in [0.3, 0.4) is 0 Å². The van der Waals surface area contributed by atoms with E-state index in [2.05, 4.69) is 0 Å². The van der Waals surface area contributed by atoms with Crippen LogP contribution >= 0.6 is 11.6 Å². The van der Waals surface area contributed by atoms with Gasteiger partial charge in [0.1, 0.15) is 0 Å². The highest BCUT2D eigenvalue weighted by Gasteiger charge is 2.49. The van der Waals surface area contributed by atoms with E-state index in [1.807, 2.05) is 6.08 Å². The second-order valence-electron chi connectivity index (χ2n) is 4.38. The molecule has 4 aliphatic rings. The molecule has 0 radical (unpaired) electrons. The zero-order valence-electron chi connectivity index (χ0n) is 8.02. The van der Waals surface area contributed by atoms with E-state index in [4.69, 9.17) is 21.4 Å². The molecule has 2 heterocycles. The third-order valence-electron chi connectivity index (χ3n) is 3.60. The molecular formula is C11H11ClO3. The number of carbonyl (C=O) groups is 1. The van der Waals surface area contributed by atoms with Crippen LogP contribution < -0.4 is 0 Å². The first kappa shape index (κ1) is 9.43. The molecule has 4 rings (SSSR count). The molecular weight excluding hydrogens is 216 g/mol. The molecule has 2 aliphatic carbocycles. The van der Waals surface area contributed by atoms with Crippen LogP contribution in [0.25, 0.3) is 0 Å². The smallest absolute Gasteiger partial charge is 0.333 e. The van der Waals surface area contributed by atoms with E-state index in [9.17, 15) is 4.79 Å². The summed E-state index contributed by atoms with van der Waals surface area (Å²) in [7, 11) is 0. The van der Waals surface area contributed by atoms with Gasteiger partial charge < -0.3 is 9.84 Å². The van der Waals surface area contributed by atoms with Crippen LogP contribution in [0, 0.1) is 11.8 Å². The fraction of sp³-hybridized carbons (Fsp3) is 0.545. The minimum Gasteiger partial charge on any atom is -0.478 e. The summed E-state index contributed by atoms with van der Waals surface area (Å²) in [6.07, 6.45) is 6.03. The number of halogens is 1. The number of aliphatic carboxylic acids is 1. The lowest BCUT2D eigenvalue weighted by atomic mass is 9.67. The van der Waals surface area contributed by atoms with E-state index in [1.54, 1.807) is 6.08 Å². The summed E-state index contributed by atoms with van der Waals surface area (Å²) < 4.78 is 5.60. The van der Waals surface area contributed by atoms with E-state index >= 15 is 0 Å². The van der Waals surface area contributed by atoms with Crippen LogP contribution in [0.5, 0.6) is 0 Å². The van der Waals surface area contributed by atoms with Gasteiger partial charge in [-0.15, -0.1) is 0 Å². The third kappa shape index (κ3) is 1.26. The number of allylic oxidation sites excluding steroid dienone is 2. The molecule has 4 atom stereocenters. The maximum Gasteiger partial charge on any atom is 0.333 e. The molecule has 0 aromatic rings. The molecule has 0 spiro atoms. The first-order valence-corrected chi connectivity index (χ1v) is 5.51. The summed E-state index contributed by atoms with van der Waals surface area (Å²) in [6, 6.07) is 0. The van der Waals surface area contributed by atoms with Crippen LogP contribution in [0.2, 0.25) is 0 Å². The molecule has 2 bridgehead atoms. The predicted octanol–water partition coefficient (Wildman–Crippen LogP) is 1.93. The van der Waals surface area contributed by atoms with Crippen LogP contribution in [-0.2, 0) is 9.53 Å². The molecule has 4 unspecified atom stereocenters. The molecule has 1 saturated carbocycles. The number of hydrogen-bond donors (Lipinski definition) is 1. The lowest BCUT2D eigenvalue weighted by Crippen LogP contribution is -2.53. The lowest BCUT2D eigenvalue weighted by Gasteiger charge is -2.51. The van der Waals surface area contributed by atoms with Gasteiger partial charge in [0.15, 0.2) is 0 Å². The van der Waals surface area contributed by atoms with Gasteiger partial charge in [0.05, 0.1) is 22.8 Å². The Morgan fingerprint density at radius 2 is 2.27 bits per heavy atom. The first-order chi connectivity index (χ1) is 7.16. The van der Waals surface area contributed by atoms with Crippen molar-refractivity contribution in [1.82, 2.24) is 0 Å². The Kier molecular flexibility index (Phi) is 1.94. The van der Waals surface area contributed by atoms with Gasteiger partial charge in [-0.2, -0.15) is 0 Å². The van der Waals surface area contributed by atoms with E-state index in [1.165, 1.54) is 0 Å². The average molecular weight is 227 g/mol. The fourth-order valence-corrected chi connectivity index (χ4v) is 3.18. The summed E-state index contributed by atoms with van der Waals surface area (Å²) in [5.41, 5.74) is 0.377. The maximum atomic E-state index is 11.1. The highest BCUT2D eigenvalue weighted by atomic mass is 35.5. The van der Waals surface area contributed by atoms with Crippen LogP contribution in [0.1, 0.15) is 12.8 Å². The fourth-order valence-electron chi connectivity index (χ4n) is 2.89. The molecule has 3 fully saturated rings. The zero-order chi connectivity index (χ0) is 10.6. The third-order valence-corrected chi connectivity index (χ3v) is 3.93.